The summed E-state index contributed by atoms with van der Waals surface area (Å²) in [5, 5.41) is 0. The number of nitrogens with zero attached hydrogens (tertiary/aromatic N) is 3. The fourth-order valence-corrected chi connectivity index (χ4v) is 4.15. The molecule has 33 heavy (non-hydrogen) atoms. The topological polar surface area (TPSA) is 107 Å². The number of ether oxygens (including phenoxy) is 1. The molecule has 1 amide bonds. The summed E-state index contributed by atoms with van der Waals surface area (Å²) >= 11 is 0. The molecule has 7 heteroatoms. The van der Waals surface area contributed by atoms with Crippen molar-refractivity contribution >= 4 is 11.5 Å². The third kappa shape index (κ3) is 5.49. The van der Waals surface area contributed by atoms with Gasteiger partial charge < -0.3 is 21.1 Å². The molecule has 4 N–H and O–H groups in total. The van der Waals surface area contributed by atoms with Crippen LogP contribution in [0.15, 0.2) is 55.2 Å². The van der Waals surface area contributed by atoms with Crippen molar-refractivity contribution in [3.8, 4) is 11.3 Å². The Kier molecular flexibility index (Phi) is 8.01. The zero-order valence-corrected chi connectivity index (χ0v) is 19.7. The first-order valence-corrected chi connectivity index (χ1v) is 11.2. The van der Waals surface area contributed by atoms with E-state index in [0.717, 1.165) is 46.5 Å². The molecule has 1 aliphatic heterocycles. The Morgan fingerprint density at radius 3 is 2.58 bits per heavy atom. The number of benzene rings is 1. The largest absolute Gasteiger partial charge is 0.404 e. The number of hydrogen-bond acceptors (Lipinski definition) is 6. The number of hydrogen-bond donors (Lipinski definition) is 2. The number of nitrogens with two attached hydrogens (primary N) is 2. The van der Waals surface area contributed by atoms with Crippen molar-refractivity contribution in [1.82, 2.24) is 14.9 Å². The molecule has 2 heterocycles. The van der Waals surface area contributed by atoms with E-state index in [2.05, 4.69) is 16.5 Å². The van der Waals surface area contributed by atoms with Gasteiger partial charge in [-0.15, -0.1) is 0 Å². The fourth-order valence-electron chi connectivity index (χ4n) is 4.15. The predicted octanol–water partition coefficient (Wildman–Crippen LogP) is 3.59. The smallest absolute Gasteiger partial charge is 0.254 e. The number of carbonyl (C=O) groups excluding carboxylic acids is 1. The van der Waals surface area contributed by atoms with Crippen LogP contribution in [0.1, 0.15) is 46.9 Å². The summed E-state index contributed by atoms with van der Waals surface area (Å²) in [5.74, 6) is 0.0534. The van der Waals surface area contributed by atoms with Crippen molar-refractivity contribution in [1.29, 1.82) is 0 Å². The lowest BCUT2D eigenvalue weighted by Crippen LogP contribution is -2.40. The van der Waals surface area contributed by atoms with Gasteiger partial charge in [0.05, 0.1) is 17.5 Å². The maximum absolute atomic E-state index is 13.1. The van der Waals surface area contributed by atoms with Crippen LogP contribution < -0.4 is 11.5 Å². The highest BCUT2D eigenvalue weighted by molar-refractivity contribution is 5.96. The second-order valence-electron chi connectivity index (χ2n) is 8.18. The number of aryl methyl sites for hydroxylation is 2. The van der Waals surface area contributed by atoms with Gasteiger partial charge in [-0.25, -0.2) is 9.97 Å². The van der Waals surface area contributed by atoms with Crippen LogP contribution in [-0.2, 0) is 11.2 Å². The van der Waals surface area contributed by atoms with Crippen LogP contribution in [-0.4, -0.2) is 47.1 Å². The standard InChI is InChI=1S/C26H33N5O2/c1-5-23-24(20(15-27)7-6-18(3)28)25(30-16-29-23)19-8-9-22(17(2)14-19)26(32)31-12-10-21(33-4)11-13-31/h6-9,14-16,21H,3,5,10-13,27-28H2,1-2,4H3/b7-6-,20-15+. The Labute approximate surface area is 195 Å². The number of allylic oxidation sites excluding steroid dienone is 3. The molecule has 3 rings (SSSR count). The molecule has 0 atom stereocenters. The van der Waals surface area contributed by atoms with Crippen LogP contribution in [0, 0.1) is 6.92 Å². The molecule has 0 unspecified atom stereocenters. The van der Waals surface area contributed by atoms with Crippen molar-refractivity contribution in [3.63, 3.8) is 0 Å². The van der Waals surface area contributed by atoms with E-state index in [1.165, 1.54) is 6.20 Å². The molecule has 1 aliphatic rings. The van der Waals surface area contributed by atoms with Gasteiger partial charge in [-0.3, -0.25) is 4.79 Å². The van der Waals surface area contributed by atoms with E-state index in [0.29, 0.717) is 30.8 Å². The Morgan fingerprint density at radius 2 is 2.00 bits per heavy atom. The normalized spacial score (nSPS) is 15.2. The van der Waals surface area contributed by atoms with Gasteiger partial charge in [-0.05, 0) is 50.0 Å². The van der Waals surface area contributed by atoms with Crippen molar-refractivity contribution in [2.24, 2.45) is 11.5 Å². The van der Waals surface area contributed by atoms with E-state index in [4.69, 9.17) is 16.2 Å². The summed E-state index contributed by atoms with van der Waals surface area (Å²) in [6, 6.07) is 5.82. The molecule has 1 aromatic carbocycles. The monoisotopic (exact) mass is 447 g/mol. The third-order valence-corrected chi connectivity index (χ3v) is 6.00. The van der Waals surface area contributed by atoms with Crippen molar-refractivity contribution in [3.05, 3.63) is 77.5 Å². The zero-order valence-electron chi connectivity index (χ0n) is 19.7. The fraction of sp³-hybridized carbons (Fsp3) is 0.346. The van der Waals surface area contributed by atoms with E-state index in [-0.39, 0.29) is 12.0 Å². The lowest BCUT2D eigenvalue weighted by Gasteiger charge is -2.31. The Morgan fingerprint density at radius 1 is 1.27 bits per heavy atom. The number of likely N-dealkylation sites (tertiary alicyclic amines) is 1. The average Bonchev–Trinajstić information content (AvgIpc) is 2.83. The molecule has 174 valence electrons. The highest BCUT2D eigenvalue weighted by Crippen LogP contribution is 2.31. The molecular weight excluding hydrogens is 414 g/mol. The van der Waals surface area contributed by atoms with E-state index in [1.807, 2.05) is 43.0 Å². The van der Waals surface area contributed by atoms with Crippen LogP contribution in [0.2, 0.25) is 0 Å². The minimum absolute atomic E-state index is 0.0534. The number of aromatic nitrogens is 2. The lowest BCUT2D eigenvalue weighted by molar-refractivity contribution is 0.0350. The van der Waals surface area contributed by atoms with Crippen molar-refractivity contribution in [2.45, 2.75) is 39.2 Å². The molecule has 0 bridgehead atoms. The summed E-state index contributed by atoms with van der Waals surface area (Å²) < 4.78 is 5.42. The first-order chi connectivity index (χ1) is 15.9. The SMILES string of the molecule is C=C(N)/C=C\C(=C/N)c1c(CC)ncnc1-c1ccc(C(=O)N2CCC(OC)CC2)c(C)c1. The molecule has 1 saturated heterocycles. The third-order valence-electron chi connectivity index (χ3n) is 6.00. The molecule has 7 nitrogen and oxygen atoms in total. The molecule has 2 aromatic rings. The van der Waals surface area contributed by atoms with Gasteiger partial charge in [0.2, 0.25) is 0 Å². The highest BCUT2D eigenvalue weighted by Gasteiger charge is 2.25. The van der Waals surface area contributed by atoms with E-state index in [1.54, 1.807) is 19.5 Å². The van der Waals surface area contributed by atoms with Gasteiger partial charge in [0.25, 0.3) is 5.91 Å². The second kappa shape index (κ2) is 10.9. The van der Waals surface area contributed by atoms with Crippen LogP contribution in [0.3, 0.4) is 0 Å². The van der Waals surface area contributed by atoms with Gasteiger partial charge in [0, 0.05) is 54.4 Å². The summed E-state index contributed by atoms with van der Waals surface area (Å²) in [5.41, 5.74) is 17.8. The molecule has 0 spiro atoms. The summed E-state index contributed by atoms with van der Waals surface area (Å²) in [4.78, 5) is 24.1. The number of carbonyl (C=O) groups is 1. The minimum Gasteiger partial charge on any atom is -0.404 e. The second-order valence-corrected chi connectivity index (χ2v) is 8.18. The minimum atomic E-state index is 0.0534. The average molecular weight is 448 g/mol. The van der Waals surface area contributed by atoms with Gasteiger partial charge in [-0.1, -0.05) is 25.6 Å². The summed E-state index contributed by atoms with van der Waals surface area (Å²) in [7, 11) is 1.73. The van der Waals surface area contributed by atoms with Gasteiger partial charge in [-0.2, -0.15) is 0 Å². The van der Waals surface area contributed by atoms with Crippen molar-refractivity contribution in [2.75, 3.05) is 20.2 Å². The molecule has 0 aliphatic carbocycles. The number of piperidine rings is 1. The number of amides is 1. The maximum atomic E-state index is 13.1. The Balaban J connectivity index is 1.97. The van der Waals surface area contributed by atoms with Crippen molar-refractivity contribution < 1.29 is 9.53 Å². The number of methoxy groups -OCH3 is 1. The van der Waals surface area contributed by atoms with Crippen LogP contribution in [0.4, 0.5) is 0 Å². The number of rotatable bonds is 7. The van der Waals surface area contributed by atoms with Crippen LogP contribution in [0.25, 0.3) is 16.8 Å². The predicted molar refractivity (Wildman–Crippen MR) is 132 cm³/mol. The quantitative estimate of drug-likeness (QED) is 0.628. The van der Waals surface area contributed by atoms with Crippen LogP contribution in [0.5, 0.6) is 0 Å². The lowest BCUT2D eigenvalue weighted by atomic mass is 9.94. The Hall–Kier alpha value is -3.45. The zero-order chi connectivity index (χ0) is 24.0. The van der Waals surface area contributed by atoms with E-state index >= 15 is 0 Å². The van der Waals surface area contributed by atoms with Crippen LogP contribution >= 0.6 is 0 Å². The van der Waals surface area contributed by atoms with E-state index in [9.17, 15) is 4.79 Å². The van der Waals surface area contributed by atoms with E-state index < -0.39 is 0 Å². The first-order valence-electron chi connectivity index (χ1n) is 11.2. The molecule has 1 fully saturated rings. The summed E-state index contributed by atoms with van der Waals surface area (Å²) in [6.07, 6.45) is 9.28. The molecular formula is C26H33N5O2. The van der Waals surface area contributed by atoms with Gasteiger partial charge in [0.15, 0.2) is 0 Å². The molecule has 0 saturated carbocycles. The molecule has 1 aromatic heterocycles. The summed E-state index contributed by atoms with van der Waals surface area (Å²) in [6.45, 7) is 9.12. The maximum Gasteiger partial charge on any atom is 0.254 e. The van der Waals surface area contributed by atoms with Gasteiger partial charge >= 0.3 is 0 Å². The van der Waals surface area contributed by atoms with Gasteiger partial charge in [0.1, 0.15) is 6.33 Å². The Bertz CT molecular complexity index is 1080. The highest BCUT2D eigenvalue weighted by atomic mass is 16.5. The molecule has 0 radical (unpaired) electrons. The first kappa shape index (κ1) is 24.2.